The Kier molecular flexibility index (Phi) is 5.92. The van der Waals surface area contributed by atoms with Crippen LogP contribution in [0.2, 0.25) is 0 Å². The molecule has 6 nitrogen and oxygen atoms in total. The van der Waals surface area contributed by atoms with Crippen LogP contribution in [-0.4, -0.2) is 23.3 Å². The summed E-state index contributed by atoms with van der Waals surface area (Å²) in [5.41, 5.74) is 2.18. The van der Waals surface area contributed by atoms with E-state index in [-0.39, 0.29) is 5.56 Å². The van der Waals surface area contributed by atoms with Gasteiger partial charge in [-0.25, -0.2) is 0 Å². The zero-order valence-electron chi connectivity index (χ0n) is 19.6. The number of hydrogen-bond donors (Lipinski definition) is 1. The molecule has 0 spiro atoms. The number of aromatic amines is 1. The first-order valence-corrected chi connectivity index (χ1v) is 10.9. The molecule has 0 amide bonds. The molecule has 0 unspecified atom stereocenters. The second-order valence-corrected chi connectivity index (χ2v) is 9.29. The fourth-order valence-corrected chi connectivity index (χ4v) is 3.79. The predicted molar refractivity (Wildman–Crippen MR) is 128 cm³/mol. The molecular formula is C26H27BN2O4. The van der Waals surface area contributed by atoms with Crippen LogP contribution in [0.15, 0.2) is 59.4 Å². The van der Waals surface area contributed by atoms with Crippen molar-refractivity contribution in [3.05, 3.63) is 81.8 Å². The normalized spacial score (nSPS) is 16.4. The molecule has 0 radical (unpaired) electrons. The van der Waals surface area contributed by atoms with E-state index >= 15 is 0 Å². The highest BCUT2D eigenvalue weighted by molar-refractivity contribution is 6.64. The lowest BCUT2D eigenvalue weighted by Crippen LogP contribution is -2.41. The van der Waals surface area contributed by atoms with Crippen molar-refractivity contribution in [1.29, 1.82) is 5.26 Å². The number of nitriles is 1. The van der Waals surface area contributed by atoms with Gasteiger partial charge in [-0.3, -0.25) is 4.79 Å². The minimum Gasteiger partial charge on any atom is -0.489 e. The highest BCUT2D eigenvalue weighted by Crippen LogP contribution is 2.38. The highest BCUT2D eigenvalue weighted by Gasteiger charge is 2.52. The molecule has 1 saturated heterocycles. The molecule has 0 atom stereocenters. The van der Waals surface area contributed by atoms with Gasteiger partial charge in [0.05, 0.1) is 11.2 Å². The van der Waals surface area contributed by atoms with E-state index in [1.54, 1.807) is 13.0 Å². The first kappa shape index (κ1) is 22.8. The van der Waals surface area contributed by atoms with Gasteiger partial charge in [0.1, 0.15) is 24.0 Å². The zero-order chi connectivity index (χ0) is 23.8. The van der Waals surface area contributed by atoms with Crippen molar-refractivity contribution < 1.29 is 14.0 Å². The van der Waals surface area contributed by atoms with Crippen LogP contribution in [-0.2, 0) is 15.9 Å². The summed E-state index contributed by atoms with van der Waals surface area (Å²) in [6, 6.07) is 19.3. The Labute approximate surface area is 194 Å². The number of rotatable bonds is 5. The van der Waals surface area contributed by atoms with Crippen molar-refractivity contribution >= 4 is 12.6 Å². The maximum atomic E-state index is 12.5. The van der Waals surface area contributed by atoms with E-state index in [4.69, 9.17) is 14.0 Å². The molecule has 0 saturated carbocycles. The maximum Gasteiger partial charge on any atom is 0.495 e. The number of aryl methyl sites for hydroxylation is 1. The summed E-state index contributed by atoms with van der Waals surface area (Å²) in [6.07, 6.45) is 0. The third-order valence-corrected chi connectivity index (χ3v) is 6.35. The van der Waals surface area contributed by atoms with E-state index in [1.165, 1.54) is 0 Å². The summed E-state index contributed by atoms with van der Waals surface area (Å²) < 4.78 is 18.6. The van der Waals surface area contributed by atoms with Crippen molar-refractivity contribution in [2.45, 2.75) is 52.4 Å². The van der Waals surface area contributed by atoms with Gasteiger partial charge in [0, 0.05) is 11.3 Å². The first-order chi connectivity index (χ1) is 15.6. The van der Waals surface area contributed by atoms with E-state index in [1.807, 2.05) is 76.2 Å². The van der Waals surface area contributed by atoms with Crippen LogP contribution < -0.4 is 15.8 Å². The minimum atomic E-state index is -0.653. The molecule has 1 aliphatic rings. The molecule has 4 rings (SSSR count). The van der Waals surface area contributed by atoms with Gasteiger partial charge >= 0.3 is 7.12 Å². The van der Waals surface area contributed by atoms with Crippen molar-refractivity contribution in [2.75, 3.05) is 0 Å². The monoisotopic (exact) mass is 442 g/mol. The lowest BCUT2D eigenvalue weighted by Gasteiger charge is -2.32. The number of aromatic nitrogens is 1. The van der Waals surface area contributed by atoms with E-state index in [2.05, 4.69) is 11.1 Å². The Balaban J connectivity index is 1.81. The Morgan fingerprint density at radius 1 is 1.00 bits per heavy atom. The van der Waals surface area contributed by atoms with Crippen LogP contribution in [0.3, 0.4) is 0 Å². The van der Waals surface area contributed by atoms with E-state index in [9.17, 15) is 10.1 Å². The lowest BCUT2D eigenvalue weighted by atomic mass is 9.74. The predicted octanol–water partition coefficient (Wildman–Crippen LogP) is 4.10. The molecule has 1 fully saturated rings. The number of ether oxygens (including phenoxy) is 1. The average Bonchev–Trinajstić information content (AvgIpc) is 2.99. The van der Waals surface area contributed by atoms with E-state index in [0.29, 0.717) is 29.2 Å². The molecular weight excluding hydrogens is 415 g/mol. The summed E-state index contributed by atoms with van der Waals surface area (Å²) in [5.74, 6) is 0.621. The zero-order valence-corrected chi connectivity index (χ0v) is 19.6. The van der Waals surface area contributed by atoms with Crippen molar-refractivity contribution in [3.8, 4) is 22.9 Å². The van der Waals surface area contributed by atoms with Crippen LogP contribution in [0.5, 0.6) is 5.75 Å². The Hall–Kier alpha value is -3.34. The molecule has 1 aromatic heterocycles. The molecule has 0 bridgehead atoms. The quantitative estimate of drug-likeness (QED) is 0.602. The van der Waals surface area contributed by atoms with Crippen LogP contribution in [0.4, 0.5) is 0 Å². The van der Waals surface area contributed by atoms with Crippen LogP contribution in [0.25, 0.3) is 11.1 Å². The maximum absolute atomic E-state index is 12.5. The number of hydrogen-bond acceptors (Lipinski definition) is 5. The number of pyridine rings is 1. The van der Waals surface area contributed by atoms with E-state index in [0.717, 1.165) is 11.0 Å². The summed E-state index contributed by atoms with van der Waals surface area (Å²) in [5, 5.41) is 9.73. The molecule has 1 N–H and O–H groups in total. The van der Waals surface area contributed by atoms with Crippen molar-refractivity contribution in [3.63, 3.8) is 0 Å². The SMILES string of the molecule is Cc1cc(-c2cc(OCc3ccccc3)ccc2B2OC(C)(C)C(C)(C)O2)c(C#N)c(=O)[nH]1. The summed E-state index contributed by atoms with van der Waals surface area (Å²) in [4.78, 5) is 15.2. The second kappa shape index (κ2) is 8.55. The lowest BCUT2D eigenvalue weighted by molar-refractivity contribution is 0.00578. The molecule has 33 heavy (non-hydrogen) atoms. The van der Waals surface area contributed by atoms with Crippen molar-refractivity contribution in [1.82, 2.24) is 4.98 Å². The number of nitrogens with one attached hydrogen (secondary N) is 1. The van der Waals surface area contributed by atoms with Gasteiger partial charge in [0.25, 0.3) is 5.56 Å². The Bertz CT molecular complexity index is 1260. The topological polar surface area (TPSA) is 84.3 Å². The molecule has 3 aromatic rings. The second-order valence-electron chi connectivity index (χ2n) is 9.29. The van der Waals surface area contributed by atoms with Crippen LogP contribution in [0, 0.1) is 18.3 Å². The minimum absolute atomic E-state index is 0.0403. The summed E-state index contributed by atoms with van der Waals surface area (Å²) >= 11 is 0. The first-order valence-electron chi connectivity index (χ1n) is 10.9. The molecule has 1 aliphatic heterocycles. The summed E-state index contributed by atoms with van der Waals surface area (Å²) in [7, 11) is -0.653. The molecule has 0 aliphatic carbocycles. The van der Waals surface area contributed by atoms with Gasteiger partial charge in [-0.1, -0.05) is 36.4 Å². The molecule has 7 heteroatoms. The molecule has 2 aromatic carbocycles. The number of benzene rings is 2. The largest absolute Gasteiger partial charge is 0.495 e. The third kappa shape index (κ3) is 4.45. The Morgan fingerprint density at radius 2 is 1.67 bits per heavy atom. The number of nitrogens with zero attached hydrogens (tertiary/aromatic N) is 1. The number of H-pyrrole nitrogens is 1. The van der Waals surface area contributed by atoms with Gasteiger partial charge in [-0.2, -0.15) is 5.26 Å². The van der Waals surface area contributed by atoms with E-state index < -0.39 is 23.9 Å². The van der Waals surface area contributed by atoms with Gasteiger partial charge in [0.15, 0.2) is 0 Å². The van der Waals surface area contributed by atoms with Crippen molar-refractivity contribution in [2.24, 2.45) is 0 Å². The van der Waals surface area contributed by atoms with Gasteiger partial charge in [-0.05, 0) is 69.4 Å². The highest BCUT2D eigenvalue weighted by atomic mass is 16.7. The average molecular weight is 442 g/mol. The molecule has 168 valence electrons. The van der Waals surface area contributed by atoms with Crippen LogP contribution >= 0.6 is 0 Å². The van der Waals surface area contributed by atoms with Gasteiger partial charge < -0.3 is 19.0 Å². The van der Waals surface area contributed by atoms with Gasteiger partial charge in [-0.15, -0.1) is 0 Å². The smallest absolute Gasteiger partial charge is 0.489 e. The summed E-state index contributed by atoms with van der Waals surface area (Å²) in [6.45, 7) is 10.1. The fourth-order valence-electron chi connectivity index (χ4n) is 3.79. The Morgan fingerprint density at radius 3 is 2.30 bits per heavy atom. The standard InChI is InChI=1S/C26H27BN2O4/c1-17-13-20(22(15-28)24(30)29-17)21-14-19(31-16-18-9-7-6-8-10-18)11-12-23(21)27-32-25(2,3)26(4,5)33-27/h6-14H,16H2,1-5H3,(H,29,30). The fraction of sp³-hybridized carbons (Fsp3) is 0.308. The van der Waals surface area contributed by atoms with Crippen LogP contribution in [0.1, 0.15) is 44.5 Å². The third-order valence-electron chi connectivity index (χ3n) is 6.35. The van der Waals surface area contributed by atoms with Gasteiger partial charge in [0.2, 0.25) is 0 Å². The molecule has 2 heterocycles.